The predicted octanol–water partition coefficient (Wildman–Crippen LogP) is 2.74. The summed E-state index contributed by atoms with van der Waals surface area (Å²) in [6.45, 7) is 2.07. The van der Waals surface area contributed by atoms with Gasteiger partial charge in [-0.2, -0.15) is 4.68 Å². The molecule has 1 aromatic heterocycles. The molecule has 7 nitrogen and oxygen atoms in total. The highest BCUT2D eigenvalue weighted by molar-refractivity contribution is 7.99. The lowest BCUT2D eigenvalue weighted by atomic mass is 10.1. The largest absolute Gasteiger partial charge is 0.494 e. The zero-order chi connectivity index (χ0) is 18.8. The highest BCUT2D eigenvalue weighted by Crippen LogP contribution is 2.33. The van der Waals surface area contributed by atoms with Gasteiger partial charge >= 0.3 is 0 Å². The van der Waals surface area contributed by atoms with Crippen LogP contribution in [-0.4, -0.2) is 45.0 Å². The fourth-order valence-corrected chi connectivity index (χ4v) is 4.11. The van der Waals surface area contributed by atoms with Crippen LogP contribution in [0.5, 0.6) is 5.75 Å². The second kappa shape index (κ2) is 7.40. The molecule has 1 atom stereocenters. The minimum absolute atomic E-state index is 0.0482. The third kappa shape index (κ3) is 3.28. The number of hydrogen-bond donors (Lipinski definition) is 0. The lowest BCUT2D eigenvalue weighted by molar-refractivity contribution is -0.116. The molecule has 0 spiro atoms. The van der Waals surface area contributed by atoms with E-state index in [4.69, 9.17) is 4.74 Å². The summed E-state index contributed by atoms with van der Waals surface area (Å²) in [7, 11) is 1.60. The number of para-hydroxylation sites is 3. The van der Waals surface area contributed by atoms with Gasteiger partial charge in [0.15, 0.2) is 0 Å². The second-order valence-corrected chi connectivity index (χ2v) is 7.22. The summed E-state index contributed by atoms with van der Waals surface area (Å²) in [6, 6.07) is 15.7. The normalized spacial score (nSPS) is 15.6. The van der Waals surface area contributed by atoms with E-state index in [1.54, 1.807) is 11.8 Å². The van der Waals surface area contributed by atoms with Gasteiger partial charge in [-0.3, -0.25) is 4.79 Å². The Bertz CT molecular complexity index is 974. The number of carbonyl (C=O) groups is 1. The molecule has 0 fully saturated rings. The molecule has 2 aromatic carbocycles. The first-order valence-electron chi connectivity index (χ1n) is 8.63. The first kappa shape index (κ1) is 17.5. The molecule has 1 aliphatic heterocycles. The first-order chi connectivity index (χ1) is 13.2. The summed E-state index contributed by atoms with van der Waals surface area (Å²) in [5, 5.41) is 12.4. The van der Waals surface area contributed by atoms with Gasteiger partial charge in [-0.05, 0) is 47.5 Å². The Balaban J connectivity index is 1.52. The number of tetrazole rings is 1. The molecule has 3 aromatic rings. The van der Waals surface area contributed by atoms with Gasteiger partial charge in [0.25, 0.3) is 0 Å². The van der Waals surface area contributed by atoms with Crippen LogP contribution in [0.3, 0.4) is 0 Å². The van der Waals surface area contributed by atoms with Crippen LogP contribution in [0.2, 0.25) is 0 Å². The van der Waals surface area contributed by atoms with Crippen LogP contribution in [0, 0.1) is 0 Å². The van der Waals surface area contributed by atoms with Gasteiger partial charge in [0.2, 0.25) is 11.1 Å². The molecule has 0 radical (unpaired) electrons. The Hall–Kier alpha value is -2.87. The quantitative estimate of drug-likeness (QED) is 0.633. The van der Waals surface area contributed by atoms with E-state index >= 15 is 0 Å². The van der Waals surface area contributed by atoms with Crippen LogP contribution in [0.15, 0.2) is 53.7 Å². The van der Waals surface area contributed by atoms with Crippen molar-refractivity contribution in [3.63, 3.8) is 0 Å². The smallest absolute Gasteiger partial charge is 0.237 e. The fourth-order valence-electron chi connectivity index (χ4n) is 3.37. The lowest BCUT2D eigenvalue weighted by Gasteiger charge is -2.22. The summed E-state index contributed by atoms with van der Waals surface area (Å²) in [5.74, 6) is 0.973. The van der Waals surface area contributed by atoms with E-state index < -0.39 is 0 Å². The number of rotatable bonds is 5. The van der Waals surface area contributed by atoms with E-state index in [9.17, 15) is 4.79 Å². The van der Waals surface area contributed by atoms with Crippen molar-refractivity contribution in [1.29, 1.82) is 0 Å². The van der Waals surface area contributed by atoms with Gasteiger partial charge in [0.1, 0.15) is 11.4 Å². The van der Waals surface area contributed by atoms with Gasteiger partial charge in [0, 0.05) is 11.7 Å². The molecule has 0 N–H and O–H groups in total. The van der Waals surface area contributed by atoms with Crippen molar-refractivity contribution < 1.29 is 9.53 Å². The average molecular weight is 381 g/mol. The Morgan fingerprint density at radius 3 is 2.74 bits per heavy atom. The maximum atomic E-state index is 12.9. The van der Waals surface area contributed by atoms with Crippen molar-refractivity contribution in [2.75, 3.05) is 17.8 Å². The predicted molar refractivity (Wildman–Crippen MR) is 104 cm³/mol. The molecule has 2 heterocycles. The van der Waals surface area contributed by atoms with Crippen molar-refractivity contribution in [2.45, 2.75) is 24.5 Å². The van der Waals surface area contributed by atoms with Crippen LogP contribution in [0.25, 0.3) is 5.69 Å². The molecule has 0 saturated carbocycles. The summed E-state index contributed by atoms with van der Waals surface area (Å²) in [6.07, 6.45) is 0.880. The highest BCUT2D eigenvalue weighted by atomic mass is 32.2. The van der Waals surface area contributed by atoms with Crippen LogP contribution >= 0.6 is 11.8 Å². The van der Waals surface area contributed by atoms with Gasteiger partial charge in [-0.25, -0.2) is 0 Å². The van der Waals surface area contributed by atoms with E-state index in [1.807, 2.05) is 47.4 Å². The van der Waals surface area contributed by atoms with Crippen molar-refractivity contribution in [3.8, 4) is 11.4 Å². The minimum Gasteiger partial charge on any atom is -0.494 e. The summed E-state index contributed by atoms with van der Waals surface area (Å²) < 4.78 is 6.98. The zero-order valence-electron chi connectivity index (χ0n) is 15.1. The van der Waals surface area contributed by atoms with Gasteiger partial charge in [0.05, 0.1) is 12.9 Å². The van der Waals surface area contributed by atoms with Gasteiger partial charge < -0.3 is 9.64 Å². The number of hydrogen-bond acceptors (Lipinski definition) is 6. The molecule has 0 aliphatic carbocycles. The molecule has 138 valence electrons. The van der Waals surface area contributed by atoms with E-state index in [-0.39, 0.29) is 17.7 Å². The standard InChI is InChI=1S/C19H19N5O2S/c1-13-11-14-7-3-4-8-15(14)23(13)18(25)12-27-19-20-21-22-24(19)16-9-5-6-10-17(16)26-2/h3-10,13H,11-12H2,1-2H3. The third-order valence-electron chi connectivity index (χ3n) is 4.55. The maximum absolute atomic E-state index is 12.9. The summed E-state index contributed by atoms with van der Waals surface area (Å²) in [4.78, 5) is 14.8. The average Bonchev–Trinajstić information content (AvgIpc) is 3.29. The van der Waals surface area contributed by atoms with Crippen molar-refractivity contribution in [3.05, 3.63) is 54.1 Å². The number of benzene rings is 2. The summed E-state index contributed by atoms with van der Waals surface area (Å²) in [5.41, 5.74) is 2.95. The maximum Gasteiger partial charge on any atom is 0.237 e. The summed E-state index contributed by atoms with van der Waals surface area (Å²) >= 11 is 1.32. The van der Waals surface area contributed by atoms with E-state index in [0.717, 1.165) is 17.8 Å². The molecule has 1 aliphatic rings. The minimum atomic E-state index is 0.0482. The molecule has 1 amide bonds. The number of methoxy groups -OCH3 is 1. The Labute approximate surface area is 161 Å². The molecule has 0 bridgehead atoms. The fraction of sp³-hybridized carbons (Fsp3) is 0.263. The van der Waals surface area contributed by atoms with E-state index in [1.165, 1.54) is 17.3 Å². The number of ether oxygens (including phenoxy) is 1. The number of nitrogens with zero attached hydrogens (tertiary/aromatic N) is 5. The number of amides is 1. The van der Waals surface area contributed by atoms with Crippen LogP contribution < -0.4 is 9.64 Å². The van der Waals surface area contributed by atoms with E-state index in [0.29, 0.717) is 10.9 Å². The second-order valence-electron chi connectivity index (χ2n) is 6.28. The van der Waals surface area contributed by atoms with E-state index in [2.05, 4.69) is 28.5 Å². The van der Waals surface area contributed by atoms with Crippen LogP contribution in [-0.2, 0) is 11.2 Å². The number of carbonyl (C=O) groups excluding carboxylic acids is 1. The number of fused-ring (bicyclic) bond motifs is 1. The highest BCUT2D eigenvalue weighted by Gasteiger charge is 2.30. The Morgan fingerprint density at radius 2 is 1.93 bits per heavy atom. The third-order valence-corrected chi connectivity index (χ3v) is 5.46. The Morgan fingerprint density at radius 1 is 1.19 bits per heavy atom. The zero-order valence-corrected chi connectivity index (χ0v) is 15.9. The number of anilines is 1. The molecule has 0 saturated heterocycles. The molecular formula is C19H19N5O2S. The molecular weight excluding hydrogens is 362 g/mol. The Kier molecular flexibility index (Phi) is 4.81. The van der Waals surface area contributed by atoms with Crippen LogP contribution in [0.4, 0.5) is 5.69 Å². The molecule has 27 heavy (non-hydrogen) atoms. The van der Waals surface area contributed by atoms with Gasteiger partial charge in [-0.15, -0.1) is 5.10 Å². The molecule has 4 rings (SSSR count). The van der Waals surface area contributed by atoms with Crippen LogP contribution in [0.1, 0.15) is 12.5 Å². The van der Waals surface area contributed by atoms with Crippen molar-refractivity contribution >= 4 is 23.4 Å². The lowest BCUT2D eigenvalue weighted by Crippen LogP contribution is -2.37. The number of aromatic nitrogens is 4. The van der Waals surface area contributed by atoms with Crippen molar-refractivity contribution in [1.82, 2.24) is 20.2 Å². The monoisotopic (exact) mass is 381 g/mol. The van der Waals surface area contributed by atoms with Gasteiger partial charge in [-0.1, -0.05) is 42.1 Å². The topological polar surface area (TPSA) is 73.1 Å². The SMILES string of the molecule is COc1ccccc1-n1nnnc1SCC(=O)N1c2ccccc2CC1C. The molecule has 8 heteroatoms. The van der Waals surface area contributed by atoms with Crippen molar-refractivity contribution in [2.24, 2.45) is 0 Å². The number of thioether (sulfide) groups is 1. The molecule has 1 unspecified atom stereocenters. The first-order valence-corrected chi connectivity index (χ1v) is 9.62.